The smallest absolute Gasteiger partial charge is 0.126 e. The van der Waals surface area contributed by atoms with E-state index in [9.17, 15) is 4.39 Å². The number of thiophene rings is 1. The fraction of sp³-hybridized carbons (Fsp3) is 0.375. The molecule has 3 rings (SSSR count). The first-order valence-corrected chi connectivity index (χ1v) is 7.60. The van der Waals surface area contributed by atoms with Crippen molar-refractivity contribution in [1.29, 1.82) is 0 Å². The van der Waals surface area contributed by atoms with Gasteiger partial charge in [0, 0.05) is 9.75 Å². The highest BCUT2D eigenvalue weighted by atomic mass is 32.1. The first kappa shape index (κ1) is 12.8. The molecular formula is C16H18FNS. The number of nitrogens with two attached hydrogens (primary N) is 1. The highest BCUT2D eigenvalue weighted by Crippen LogP contribution is 2.34. The highest BCUT2D eigenvalue weighted by molar-refractivity contribution is 7.12. The van der Waals surface area contributed by atoms with Crippen LogP contribution in [-0.4, -0.2) is 0 Å². The summed E-state index contributed by atoms with van der Waals surface area (Å²) in [5, 5.41) is 0. The molecule has 0 amide bonds. The summed E-state index contributed by atoms with van der Waals surface area (Å²) in [5.74, 6) is -0.172. The second kappa shape index (κ2) is 5.06. The van der Waals surface area contributed by atoms with Crippen LogP contribution in [0.5, 0.6) is 0 Å². The molecule has 2 N–H and O–H groups in total. The van der Waals surface area contributed by atoms with Crippen LogP contribution in [0.4, 0.5) is 4.39 Å². The van der Waals surface area contributed by atoms with Gasteiger partial charge in [0.05, 0.1) is 6.04 Å². The van der Waals surface area contributed by atoms with E-state index >= 15 is 0 Å². The molecular weight excluding hydrogens is 257 g/mol. The number of fused-ring (bicyclic) bond motifs is 1. The second-order valence-corrected chi connectivity index (χ2v) is 6.46. The van der Waals surface area contributed by atoms with E-state index in [0.29, 0.717) is 5.56 Å². The van der Waals surface area contributed by atoms with Crippen molar-refractivity contribution in [2.45, 2.75) is 38.6 Å². The van der Waals surface area contributed by atoms with Crippen LogP contribution in [0.25, 0.3) is 0 Å². The minimum atomic E-state index is -0.203. The lowest BCUT2D eigenvalue weighted by Gasteiger charge is -2.10. The Balaban J connectivity index is 1.92. The average Bonchev–Trinajstić information content (AvgIpc) is 2.85. The predicted molar refractivity (Wildman–Crippen MR) is 78.1 cm³/mol. The SMILES string of the molecule is Cc1ccc(C(N)c2cc3c(s2)CCCC3)cc1F. The molecule has 1 nitrogen and oxygen atoms in total. The van der Waals surface area contributed by atoms with Crippen LogP contribution in [0.15, 0.2) is 24.3 Å². The number of hydrogen-bond donors (Lipinski definition) is 1. The van der Waals surface area contributed by atoms with Gasteiger partial charge in [0.2, 0.25) is 0 Å². The summed E-state index contributed by atoms with van der Waals surface area (Å²) in [6.07, 6.45) is 4.90. The Morgan fingerprint density at radius 3 is 2.74 bits per heavy atom. The van der Waals surface area contributed by atoms with Gasteiger partial charge in [0.15, 0.2) is 0 Å². The van der Waals surface area contributed by atoms with Gasteiger partial charge in [0.25, 0.3) is 0 Å². The van der Waals surface area contributed by atoms with Gasteiger partial charge >= 0.3 is 0 Å². The van der Waals surface area contributed by atoms with Gasteiger partial charge in [-0.3, -0.25) is 0 Å². The number of hydrogen-bond acceptors (Lipinski definition) is 2. The predicted octanol–water partition coefficient (Wildman–Crippen LogP) is 4.12. The average molecular weight is 275 g/mol. The lowest BCUT2D eigenvalue weighted by Crippen LogP contribution is -2.10. The fourth-order valence-corrected chi connectivity index (χ4v) is 3.92. The maximum atomic E-state index is 13.6. The van der Waals surface area contributed by atoms with E-state index in [-0.39, 0.29) is 11.9 Å². The molecule has 1 aliphatic carbocycles. The van der Waals surface area contributed by atoms with Crippen LogP contribution in [0, 0.1) is 12.7 Å². The van der Waals surface area contributed by atoms with Crippen molar-refractivity contribution < 1.29 is 4.39 Å². The Labute approximate surface area is 117 Å². The number of rotatable bonds is 2. The second-order valence-electron chi connectivity index (χ2n) is 5.29. The van der Waals surface area contributed by atoms with Crippen LogP contribution in [-0.2, 0) is 12.8 Å². The molecule has 0 aliphatic heterocycles. The van der Waals surface area contributed by atoms with Gasteiger partial charge in [-0.25, -0.2) is 4.39 Å². The fourth-order valence-electron chi connectivity index (χ4n) is 2.63. The summed E-state index contributed by atoms with van der Waals surface area (Å²) >= 11 is 1.80. The van der Waals surface area contributed by atoms with E-state index in [1.807, 2.05) is 6.07 Å². The summed E-state index contributed by atoms with van der Waals surface area (Å²) in [6.45, 7) is 1.77. The lowest BCUT2D eigenvalue weighted by molar-refractivity contribution is 0.614. The van der Waals surface area contributed by atoms with Crippen molar-refractivity contribution >= 4 is 11.3 Å². The van der Waals surface area contributed by atoms with Crippen LogP contribution >= 0.6 is 11.3 Å². The molecule has 1 atom stereocenters. The summed E-state index contributed by atoms with van der Waals surface area (Å²) in [4.78, 5) is 2.64. The van der Waals surface area contributed by atoms with E-state index in [2.05, 4.69) is 6.07 Å². The van der Waals surface area contributed by atoms with E-state index in [1.165, 1.54) is 36.1 Å². The number of halogens is 1. The van der Waals surface area contributed by atoms with Crippen molar-refractivity contribution in [2.75, 3.05) is 0 Å². The van der Waals surface area contributed by atoms with Gasteiger partial charge < -0.3 is 5.73 Å². The van der Waals surface area contributed by atoms with Crippen LogP contribution in [0.3, 0.4) is 0 Å². The zero-order chi connectivity index (χ0) is 13.4. The van der Waals surface area contributed by atoms with Crippen molar-refractivity contribution in [1.82, 2.24) is 0 Å². The Morgan fingerprint density at radius 2 is 2.00 bits per heavy atom. The lowest BCUT2D eigenvalue weighted by atomic mass is 9.98. The molecule has 1 aromatic carbocycles. The molecule has 0 bridgehead atoms. The molecule has 100 valence electrons. The summed E-state index contributed by atoms with van der Waals surface area (Å²) in [5.41, 5.74) is 9.27. The Hall–Kier alpha value is -1.19. The topological polar surface area (TPSA) is 26.0 Å². The van der Waals surface area contributed by atoms with E-state index in [0.717, 1.165) is 10.4 Å². The Kier molecular flexibility index (Phi) is 3.42. The van der Waals surface area contributed by atoms with Gasteiger partial charge in [0.1, 0.15) is 5.82 Å². The number of aryl methyl sites for hydroxylation is 3. The normalized spacial score (nSPS) is 16.2. The zero-order valence-corrected chi connectivity index (χ0v) is 11.9. The minimum absolute atomic E-state index is 0.172. The Morgan fingerprint density at radius 1 is 1.21 bits per heavy atom. The quantitative estimate of drug-likeness (QED) is 0.876. The van der Waals surface area contributed by atoms with E-state index in [1.54, 1.807) is 30.4 Å². The molecule has 0 radical (unpaired) electrons. The number of benzene rings is 1. The van der Waals surface area contributed by atoms with Crippen LogP contribution in [0.2, 0.25) is 0 Å². The van der Waals surface area contributed by atoms with Crippen molar-refractivity contribution in [3.8, 4) is 0 Å². The third-order valence-corrected chi connectivity index (χ3v) is 5.20. The third kappa shape index (κ3) is 2.45. The highest BCUT2D eigenvalue weighted by Gasteiger charge is 2.18. The van der Waals surface area contributed by atoms with Gasteiger partial charge in [-0.2, -0.15) is 0 Å². The third-order valence-electron chi connectivity index (χ3n) is 3.88. The molecule has 3 heteroatoms. The van der Waals surface area contributed by atoms with E-state index < -0.39 is 0 Å². The molecule has 2 aromatic rings. The minimum Gasteiger partial charge on any atom is -0.320 e. The molecule has 0 spiro atoms. The van der Waals surface area contributed by atoms with Gasteiger partial charge in [-0.1, -0.05) is 12.1 Å². The standard InChI is InChI=1S/C16H18FNS/c1-10-6-7-12(8-13(10)17)16(18)15-9-11-4-2-3-5-14(11)19-15/h6-9,16H,2-5,18H2,1H3. The monoisotopic (exact) mass is 275 g/mol. The summed E-state index contributed by atoms with van der Waals surface area (Å²) in [6, 6.07) is 7.32. The first-order valence-electron chi connectivity index (χ1n) is 6.78. The maximum absolute atomic E-state index is 13.6. The van der Waals surface area contributed by atoms with E-state index in [4.69, 9.17) is 5.73 Å². The molecule has 19 heavy (non-hydrogen) atoms. The molecule has 1 heterocycles. The van der Waals surface area contributed by atoms with Crippen LogP contribution in [0.1, 0.15) is 45.3 Å². The largest absolute Gasteiger partial charge is 0.320 e. The van der Waals surface area contributed by atoms with Crippen molar-refractivity contribution in [2.24, 2.45) is 5.73 Å². The maximum Gasteiger partial charge on any atom is 0.126 e. The van der Waals surface area contributed by atoms with Crippen molar-refractivity contribution in [3.63, 3.8) is 0 Å². The van der Waals surface area contributed by atoms with Crippen molar-refractivity contribution in [3.05, 3.63) is 56.5 Å². The van der Waals surface area contributed by atoms with Crippen LogP contribution < -0.4 is 5.73 Å². The molecule has 1 unspecified atom stereocenters. The Bertz CT molecular complexity index is 579. The van der Waals surface area contributed by atoms with Gasteiger partial charge in [-0.15, -0.1) is 11.3 Å². The molecule has 0 saturated carbocycles. The molecule has 1 aromatic heterocycles. The molecule has 1 aliphatic rings. The summed E-state index contributed by atoms with van der Waals surface area (Å²) < 4.78 is 13.6. The summed E-state index contributed by atoms with van der Waals surface area (Å²) in [7, 11) is 0. The van der Waals surface area contributed by atoms with Gasteiger partial charge in [-0.05, 0) is 61.4 Å². The zero-order valence-electron chi connectivity index (χ0n) is 11.1. The molecule has 0 saturated heterocycles. The molecule has 0 fully saturated rings. The first-order chi connectivity index (χ1) is 9.15.